The lowest BCUT2D eigenvalue weighted by molar-refractivity contribution is -0.139. The number of benzene rings is 1. The Labute approximate surface area is 334 Å². The molecule has 1 aromatic carbocycles. The second kappa shape index (κ2) is 16.9. The summed E-state index contributed by atoms with van der Waals surface area (Å²) in [5.41, 5.74) is 2.27. The Morgan fingerprint density at radius 3 is 2.54 bits per heavy atom. The highest BCUT2D eigenvalue weighted by molar-refractivity contribution is 6.31. The molecule has 0 saturated carbocycles. The molecule has 3 aliphatic heterocycles. The lowest BCUT2D eigenvalue weighted by Crippen LogP contribution is -2.46. The fourth-order valence-electron chi connectivity index (χ4n) is 8.30. The number of aromatic nitrogens is 2. The van der Waals surface area contributed by atoms with Gasteiger partial charge in [0.1, 0.15) is 17.2 Å². The van der Waals surface area contributed by atoms with E-state index in [4.69, 9.17) is 25.8 Å². The number of nitrogens with one attached hydrogen (secondary N) is 4. The average molecular weight is 810 g/mol. The summed E-state index contributed by atoms with van der Waals surface area (Å²) in [6, 6.07) is 8.69. The van der Waals surface area contributed by atoms with Crippen molar-refractivity contribution in [2.45, 2.75) is 81.9 Å². The Hall–Kier alpha value is -4.86. The van der Waals surface area contributed by atoms with Crippen molar-refractivity contribution in [1.29, 1.82) is 0 Å². The van der Waals surface area contributed by atoms with Crippen molar-refractivity contribution in [2.75, 3.05) is 40.4 Å². The zero-order chi connectivity index (χ0) is 40.3. The second-order valence-electron chi connectivity index (χ2n) is 14.8. The maximum absolute atomic E-state index is 14.7. The molecule has 57 heavy (non-hydrogen) atoms. The second-order valence-corrected chi connectivity index (χ2v) is 15.2. The molecule has 2 saturated heterocycles. The number of hydrogen-bond donors (Lipinski definition) is 4. The molecule has 1 aliphatic carbocycles. The third-order valence-corrected chi connectivity index (χ3v) is 11.6. The van der Waals surface area contributed by atoms with Crippen molar-refractivity contribution < 1.29 is 37.0 Å². The predicted molar refractivity (Wildman–Crippen MR) is 206 cm³/mol. The summed E-state index contributed by atoms with van der Waals surface area (Å²) in [7, 11) is 2.95. The number of alkyl halides is 3. The summed E-state index contributed by atoms with van der Waals surface area (Å²) in [6.45, 7) is 3.88. The van der Waals surface area contributed by atoms with Crippen molar-refractivity contribution in [3.05, 3.63) is 105 Å². The van der Waals surface area contributed by atoms with Gasteiger partial charge in [0.15, 0.2) is 5.88 Å². The molecule has 2 fully saturated rings. The van der Waals surface area contributed by atoms with Gasteiger partial charge in [-0.05, 0) is 67.0 Å². The average Bonchev–Trinajstić information content (AvgIpc) is 3.82. The van der Waals surface area contributed by atoms with E-state index in [-0.39, 0.29) is 41.9 Å². The van der Waals surface area contributed by atoms with Crippen LogP contribution in [0.3, 0.4) is 0 Å². The monoisotopic (exact) mass is 809 g/mol. The van der Waals surface area contributed by atoms with Gasteiger partial charge >= 0.3 is 6.18 Å². The Kier molecular flexibility index (Phi) is 12.0. The number of halogens is 4. The summed E-state index contributed by atoms with van der Waals surface area (Å²) in [6.07, 6.45) is 5.32. The molecule has 5 heterocycles. The fourth-order valence-corrected chi connectivity index (χ4v) is 8.57. The van der Waals surface area contributed by atoms with Crippen molar-refractivity contribution >= 4 is 23.4 Å². The van der Waals surface area contributed by atoms with E-state index in [1.165, 1.54) is 14.0 Å². The lowest BCUT2D eigenvalue weighted by atomic mass is 9.78. The number of likely N-dealkylation sites (tertiary alicyclic amines) is 1. The number of rotatable bonds is 13. The van der Waals surface area contributed by atoms with Crippen LogP contribution in [0.1, 0.15) is 78.5 Å². The topological polar surface area (TPSA) is 139 Å². The van der Waals surface area contributed by atoms with Crippen molar-refractivity contribution in [1.82, 2.24) is 36.1 Å². The molecule has 2 aromatic heterocycles. The molecule has 1 unspecified atom stereocenters. The third kappa shape index (κ3) is 8.56. The number of fused-ring (bicyclic) bond motifs is 1. The van der Waals surface area contributed by atoms with Crippen LogP contribution < -0.4 is 30.7 Å². The van der Waals surface area contributed by atoms with Gasteiger partial charge in [0.05, 0.1) is 19.2 Å². The van der Waals surface area contributed by atoms with E-state index >= 15 is 0 Å². The number of dihydropyridines is 1. The summed E-state index contributed by atoms with van der Waals surface area (Å²) < 4.78 is 61.8. The molecular formula is C41H47ClF3N7O5. The molecule has 3 atom stereocenters. The van der Waals surface area contributed by atoms with Gasteiger partial charge in [-0.1, -0.05) is 35.9 Å². The zero-order valence-electron chi connectivity index (χ0n) is 32.1. The summed E-state index contributed by atoms with van der Waals surface area (Å²) in [5, 5.41) is 13.7. The number of amides is 2. The highest BCUT2D eigenvalue weighted by Crippen LogP contribution is 2.47. The van der Waals surface area contributed by atoms with Gasteiger partial charge < -0.3 is 40.4 Å². The van der Waals surface area contributed by atoms with Crippen LogP contribution in [0, 0.1) is 0 Å². The van der Waals surface area contributed by atoms with E-state index in [0.29, 0.717) is 74.8 Å². The summed E-state index contributed by atoms with van der Waals surface area (Å²) >= 11 is 6.85. The number of carbonyl (C=O) groups is 2. The van der Waals surface area contributed by atoms with Crippen LogP contribution in [0.5, 0.6) is 11.8 Å². The lowest BCUT2D eigenvalue weighted by Gasteiger charge is -2.39. The van der Waals surface area contributed by atoms with E-state index in [9.17, 15) is 22.8 Å². The Morgan fingerprint density at radius 1 is 1.05 bits per heavy atom. The first-order valence-corrected chi connectivity index (χ1v) is 19.6. The minimum atomic E-state index is -4.75. The number of carbonyl (C=O) groups excluding carboxylic acids is 2. The van der Waals surface area contributed by atoms with Gasteiger partial charge in [-0.2, -0.15) is 18.2 Å². The van der Waals surface area contributed by atoms with Crippen molar-refractivity contribution in [3.63, 3.8) is 0 Å². The van der Waals surface area contributed by atoms with E-state index in [2.05, 4.69) is 31.2 Å². The minimum absolute atomic E-state index is 0.00925. The molecule has 4 N–H and O–H groups in total. The highest BCUT2D eigenvalue weighted by Gasteiger charge is 2.43. The molecule has 4 aliphatic rings. The molecule has 12 nitrogen and oxygen atoms in total. The molecular weight excluding hydrogens is 763 g/mol. The van der Waals surface area contributed by atoms with Gasteiger partial charge in [0.2, 0.25) is 23.6 Å². The van der Waals surface area contributed by atoms with E-state index < -0.39 is 29.3 Å². The molecule has 0 bridgehead atoms. The van der Waals surface area contributed by atoms with Crippen LogP contribution in [-0.4, -0.2) is 79.2 Å². The van der Waals surface area contributed by atoms with Crippen molar-refractivity contribution in [3.8, 4) is 11.8 Å². The van der Waals surface area contributed by atoms with Gasteiger partial charge in [-0.3, -0.25) is 14.6 Å². The molecule has 7 rings (SSSR count). The van der Waals surface area contributed by atoms with Gasteiger partial charge in [0.25, 0.3) is 0 Å². The SMILES string of the molecule is COC1=C(CNC[C@H]2CCC(=O)N2)C=CC(c2ccncc2Cl)(c2cccc3c2CC[C@@H]3Oc2nc(OC)c(CNC3CCN(C(C)=O)CC3)cc2C(F)(F)F)N1. The molecule has 0 spiro atoms. The highest BCUT2D eigenvalue weighted by atomic mass is 35.5. The Balaban J connectivity index is 1.16. The number of hydrogen-bond acceptors (Lipinski definition) is 10. The van der Waals surface area contributed by atoms with Gasteiger partial charge in [-0.15, -0.1) is 0 Å². The standard InChI is InChI=1S/C41H47ClF3N7O5/c1-24(53)52-17-13-27(14-18-52)48-21-26-19-33(41(43,44)45)39(50-37(26)55-2)57-35-9-8-29-30(35)5-4-6-31(29)40(32-12-16-46-23-34(32)42)15-11-25(38(51-40)56-3)20-47-22-28-7-10-36(54)49-28/h4-6,11-12,15-16,19,23,27-28,35,47-48,51H,7-10,13-14,17-18,20-22H2,1-3H3,(H,49,54)/t28-,35+,40?/m1/s1. The maximum Gasteiger partial charge on any atom is 0.421 e. The minimum Gasteiger partial charge on any atom is -0.482 e. The van der Waals surface area contributed by atoms with E-state index in [0.717, 1.165) is 34.8 Å². The zero-order valence-corrected chi connectivity index (χ0v) is 32.9. The number of ether oxygens (including phenoxy) is 3. The number of piperidine rings is 1. The molecule has 304 valence electrons. The largest absolute Gasteiger partial charge is 0.482 e. The molecule has 0 radical (unpaired) electrons. The smallest absolute Gasteiger partial charge is 0.421 e. The number of nitrogens with zero attached hydrogens (tertiary/aromatic N) is 3. The molecule has 16 heteroatoms. The van der Waals surface area contributed by atoms with Crippen LogP contribution in [-0.2, 0) is 39.0 Å². The fraction of sp³-hybridized carbons (Fsp3) is 0.463. The Morgan fingerprint density at radius 2 is 1.86 bits per heavy atom. The van der Waals surface area contributed by atoms with Crippen LogP contribution in [0.2, 0.25) is 5.02 Å². The van der Waals surface area contributed by atoms with Gasteiger partial charge in [-0.25, -0.2) is 0 Å². The van der Waals surface area contributed by atoms with Gasteiger partial charge in [0, 0.05) is 87.2 Å². The van der Waals surface area contributed by atoms with Crippen molar-refractivity contribution in [2.24, 2.45) is 0 Å². The summed E-state index contributed by atoms with van der Waals surface area (Å²) in [4.78, 5) is 33.7. The van der Waals surface area contributed by atoms with Crippen LogP contribution >= 0.6 is 11.6 Å². The first kappa shape index (κ1) is 40.3. The first-order valence-electron chi connectivity index (χ1n) is 19.2. The predicted octanol–water partition coefficient (Wildman–Crippen LogP) is 5.45. The third-order valence-electron chi connectivity index (χ3n) is 11.3. The van der Waals surface area contributed by atoms with E-state index in [1.807, 2.05) is 36.4 Å². The normalized spacial score (nSPS) is 22.3. The molecule has 3 aromatic rings. The molecule has 2 amide bonds. The van der Waals surface area contributed by atoms with Crippen LogP contribution in [0.15, 0.2) is 66.3 Å². The van der Waals surface area contributed by atoms with Crippen LogP contribution in [0.4, 0.5) is 13.2 Å². The first-order chi connectivity index (χ1) is 27.4. The van der Waals surface area contributed by atoms with E-state index in [1.54, 1.807) is 24.4 Å². The Bertz CT molecular complexity index is 2050. The number of pyridine rings is 2. The summed E-state index contributed by atoms with van der Waals surface area (Å²) in [5.74, 6) is 0.0631. The van der Waals surface area contributed by atoms with Crippen LogP contribution in [0.25, 0.3) is 0 Å². The quantitative estimate of drug-likeness (QED) is 0.176. The number of methoxy groups -OCH3 is 2. The maximum atomic E-state index is 14.7.